The Bertz CT molecular complexity index is 200. The zero-order valence-electron chi connectivity index (χ0n) is 6.94. The molecule has 1 unspecified atom stereocenters. The van der Waals surface area contributed by atoms with Gasteiger partial charge in [-0.25, -0.2) is 4.39 Å². The summed E-state index contributed by atoms with van der Waals surface area (Å²) in [6.07, 6.45) is 4.27. The van der Waals surface area contributed by atoms with E-state index in [1.165, 1.54) is 12.8 Å². The molecule has 0 bridgehead atoms. The first-order valence-corrected chi connectivity index (χ1v) is 4.28. The fourth-order valence-electron chi connectivity index (χ4n) is 2.41. The van der Waals surface area contributed by atoms with Crippen molar-refractivity contribution in [1.82, 2.24) is 4.90 Å². The molecule has 11 heavy (non-hydrogen) atoms. The monoisotopic (exact) mass is 155 g/mol. The molecule has 0 radical (unpaired) electrons. The van der Waals surface area contributed by atoms with Gasteiger partial charge in [0.05, 0.1) is 6.33 Å². The van der Waals surface area contributed by atoms with Gasteiger partial charge < -0.3 is 0 Å². The number of hydrogen-bond acceptors (Lipinski definition) is 1. The van der Waals surface area contributed by atoms with Crippen molar-refractivity contribution in [2.45, 2.75) is 31.7 Å². The van der Waals surface area contributed by atoms with Crippen LogP contribution in [0.5, 0.6) is 0 Å². The Morgan fingerprint density at radius 1 is 1.64 bits per heavy atom. The van der Waals surface area contributed by atoms with Crippen LogP contribution in [0.15, 0.2) is 11.9 Å². The van der Waals surface area contributed by atoms with E-state index in [0.29, 0.717) is 5.54 Å². The van der Waals surface area contributed by atoms with Gasteiger partial charge >= 0.3 is 0 Å². The summed E-state index contributed by atoms with van der Waals surface area (Å²) in [6.45, 7) is 4.28. The van der Waals surface area contributed by atoms with Crippen molar-refractivity contribution in [3.8, 4) is 0 Å². The summed E-state index contributed by atoms with van der Waals surface area (Å²) in [5, 5.41) is 0. The van der Waals surface area contributed by atoms with Gasteiger partial charge in [0, 0.05) is 12.1 Å². The molecule has 0 amide bonds. The minimum atomic E-state index is 0.303. The Morgan fingerprint density at radius 3 is 3.09 bits per heavy atom. The average molecular weight is 155 g/mol. The molecule has 0 spiro atoms. The van der Waals surface area contributed by atoms with E-state index in [4.69, 9.17) is 0 Å². The topological polar surface area (TPSA) is 3.24 Å². The Morgan fingerprint density at radius 2 is 2.45 bits per heavy atom. The van der Waals surface area contributed by atoms with Gasteiger partial charge in [-0.05, 0) is 38.3 Å². The summed E-state index contributed by atoms with van der Waals surface area (Å²) < 4.78 is 12.2. The van der Waals surface area contributed by atoms with Gasteiger partial charge in [-0.3, -0.25) is 4.90 Å². The van der Waals surface area contributed by atoms with Gasteiger partial charge in [-0.2, -0.15) is 0 Å². The molecule has 2 aliphatic heterocycles. The van der Waals surface area contributed by atoms with Gasteiger partial charge in [0.15, 0.2) is 0 Å². The largest absolute Gasteiger partial charge is 0.294 e. The third-order valence-corrected chi connectivity index (χ3v) is 3.06. The summed E-state index contributed by atoms with van der Waals surface area (Å²) in [6, 6.07) is 0. The van der Waals surface area contributed by atoms with E-state index in [2.05, 4.69) is 11.8 Å². The van der Waals surface area contributed by atoms with E-state index in [1.54, 1.807) is 0 Å². The third-order valence-electron chi connectivity index (χ3n) is 3.06. The highest BCUT2D eigenvalue weighted by Gasteiger charge is 2.42. The van der Waals surface area contributed by atoms with Gasteiger partial charge in [0.2, 0.25) is 0 Å². The van der Waals surface area contributed by atoms with Crippen LogP contribution in [0.1, 0.15) is 26.2 Å². The van der Waals surface area contributed by atoms with Crippen LogP contribution >= 0.6 is 0 Å². The molecule has 2 heteroatoms. The van der Waals surface area contributed by atoms with E-state index in [9.17, 15) is 4.39 Å². The molecule has 0 aromatic heterocycles. The van der Waals surface area contributed by atoms with Crippen LogP contribution < -0.4 is 0 Å². The van der Waals surface area contributed by atoms with Gasteiger partial charge in [-0.1, -0.05) is 0 Å². The third kappa shape index (κ3) is 1.00. The molecule has 0 aromatic rings. The number of halogens is 1. The van der Waals surface area contributed by atoms with Crippen LogP contribution in [0.3, 0.4) is 0 Å². The van der Waals surface area contributed by atoms with Crippen molar-refractivity contribution >= 4 is 0 Å². The summed E-state index contributed by atoms with van der Waals surface area (Å²) in [5.41, 5.74) is 1.28. The maximum Gasteiger partial charge on any atom is 0.0872 e. The van der Waals surface area contributed by atoms with Crippen LogP contribution in [-0.2, 0) is 0 Å². The number of hydrogen-bond donors (Lipinski definition) is 0. The lowest BCUT2D eigenvalue weighted by Gasteiger charge is -2.25. The summed E-state index contributed by atoms with van der Waals surface area (Å²) in [5.74, 6) is 0. The first-order chi connectivity index (χ1) is 5.24. The Labute approximate surface area is 66.9 Å². The minimum Gasteiger partial charge on any atom is -0.294 e. The summed E-state index contributed by atoms with van der Waals surface area (Å²) in [4.78, 5) is 2.40. The molecule has 2 fully saturated rings. The van der Waals surface area contributed by atoms with Crippen molar-refractivity contribution < 1.29 is 4.39 Å². The Hall–Kier alpha value is -0.370. The van der Waals surface area contributed by atoms with Crippen LogP contribution in [0, 0.1) is 0 Å². The zero-order chi connectivity index (χ0) is 7.90. The lowest BCUT2D eigenvalue weighted by atomic mass is 9.96. The molecule has 1 atom stereocenters. The highest BCUT2D eigenvalue weighted by molar-refractivity contribution is 5.17. The minimum absolute atomic E-state index is 0.303. The smallest absolute Gasteiger partial charge is 0.0872 e. The molecule has 62 valence electrons. The zero-order valence-corrected chi connectivity index (χ0v) is 6.94. The quantitative estimate of drug-likeness (QED) is 0.518. The molecule has 0 N–H and O–H groups in total. The maximum atomic E-state index is 12.2. The predicted octanol–water partition coefficient (Wildman–Crippen LogP) is 2.10. The van der Waals surface area contributed by atoms with Gasteiger partial charge in [0.25, 0.3) is 0 Å². The van der Waals surface area contributed by atoms with E-state index in [0.717, 1.165) is 31.4 Å². The second kappa shape index (κ2) is 2.31. The molecule has 2 heterocycles. The standard InChI is InChI=1S/C9H14FN/c1-9-3-2-4-11(9)7-8(5-9)6-10/h6H,2-5,7H2,1H3/b8-6+. The van der Waals surface area contributed by atoms with E-state index in [1.807, 2.05) is 0 Å². The van der Waals surface area contributed by atoms with Crippen LogP contribution in [0.2, 0.25) is 0 Å². The fourth-order valence-corrected chi connectivity index (χ4v) is 2.41. The molecule has 0 aliphatic carbocycles. The molecule has 2 rings (SSSR count). The molecule has 0 aromatic carbocycles. The van der Waals surface area contributed by atoms with E-state index >= 15 is 0 Å². The lowest BCUT2D eigenvalue weighted by Crippen LogP contribution is -2.34. The van der Waals surface area contributed by atoms with Crippen molar-refractivity contribution in [2.75, 3.05) is 13.1 Å². The summed E-state index contributed by atoms with van der Waals surface area (Å²) in [7, 11) is 0. The average Bonchev–Trinajstić information content (AvgIpc) is 2.42. The van der Waals surface area contributed by atoms with Gasteiger partial charge in [-0.15, -0.1) is 0 Å². The molecule has 0 saturated carbocycles. The molecule has 1 nitrogen and oxygen atoms in total. The van der Waals surface area contributed by atoms with Crippen molar-refractivity contribution in [3.63, 3.8) is 0 Å². The molecular weight excluding hydrogens is 141 g/mol. The Balaban J connectivity index is 2.19. The number of nitrogens with zero attached hydrogens (tertiary/aromatic N) is 1. The van der Waals surface area contributed by atoms with E-state index < -0.39 is 0 Å². The highest BCUT2D eigenvalue weighted by Crippen LogP contribution is 2.40. The van der Waals surface area contributed by atoms with Crippen molar-refractivity contribution in [2.24, 2.45) is 0 Å². The van der Waals surface area contributed by atoms with Gasteiger partial charge in [0.1, 0.15) is 0 Å². The van der Waals surface area contributed by atoms with Crippen molar-refractivity contribution in [3.05, 3.63) is 11.9 Å². The van der Waals surface area contributed by atoms with E-state index in [-0.39, 0.29) is 0 Å². The second-order valence-electron chi connectivity index (χ2n) is 3.97. The predicted molar refractivity (Wildman–Crippen MR) is 43.0 cm³/mol. The van der Waals surface area contributed by atoms with Crippen molar-refractivity contribution in [1.29, 1.82) is 0 Å². The Kier molecular flexibility index (Phi) is 1.53. The SMILES string of the molecule is CC12CCCN1C/C(=C/F)C2. The maximum absolute atomic E-state index is 12.2. The highest BCUT2D eigenvalue weighted by atomic mass is 19.1. The first-order valence-electron chi connectivity index (χ1n) is 4.28. The molecule has 2 saturated heterocycles. The second-order valence-corrected chi connectivity index (χ2v) is 3.97. The fraction of sp³-hybridized carbons (Fsp3) is 0.778. The van der Waals surface area contributed by atoms with Crippen LogP contribution in [0.25, 0.3) is 0 Å². The van der Waals surface area contributed by atoms with Crippen LogP contribution in [-0.4, -0.2) is 23.5 Å². The summed E-state index contributed by atoms with van der Waals surface area (Å²) >= 11 is 0. The molecule has 2 aliphatic rings. The number of fused-ring (bicyclic) bond motifs is 1. The normalized spacial score (nSPS) is 41.8. The van der Waals surface area contributed by atoms with Crippen LogP contribution in [0.4, 0.5) is 4.39 Å². The number of rotatable bonds is 0. The lowest BCUT2D eigenvalue weighted by molar-refractivity contribution is 0.218. The first kappa shape index (κ1) is 7.29. The molecular formula is C9H14FN.